The van der Waals surface area contributed by atoms with Gasteiger partial charge in [-0.2, -0.15) is 0 Å². The zero-order valence-corrected chi connectivity index (χ0v) is 11.5. The highest BCUT2D eigenvalue weighted by atomic mass is 35.5. The number of benzene rings is 2. The fourth-order valence-electron chi connectivity index (χ4n) is 1.36. The van der Waals surface area contributed by atoms with Crippen LogP contribution in [0.15, 0.2) is 46.2 Å². The van der Waals surface area contributed by atoms with Crippen molar-refractivity contribution in [3.8, 4) is 0 Å². The molecule has 0 aliphatic heterocycles. The van der Waals surface area contributed by atoms with E-state index in [1.165, 1.54) is 0 Å². The number of anilines is 1. The number of hydrogen-bond donors (Lipinski definition) is 1. The molecule has 1 nitrogen and oxygen atoms in total. The Kier molecular flexibility index (Phi) is 3.87. The summed E-state index contributed by atoms with van der Waals surface area (Å²) in [5, 5.41) is 1.37. The standard InChI is InChI=1S/C13H11Cl2NS/c1-8-2-4-10(7-12(8)16)17-13-6-9(14)3-5-11(13)15/h2-7H,16H2,1H3. The number of nitrogen functional groups attached to an aromatic ring is 1. The Morgan fingerprint density at radius 2 is 1.82 bits per heavy atom. The van der Waals surface area contributed by atoms with E-state index in [4.69, 9.17) is 28.9 Å². The van der Waals surface area contributed by atoms with E-state index in [1.54, 1.807) is 23.9 Å². The van der Waals surface area contributed by atoms with Crippen molar-refractivity contribution >= 4 is 40.7 Å². The molecular formula is C13H11Cl2NS. The van der Waals surface area contributed by atoms with Gasteiger partial charge in [-0.15, -0.1) is 0 Å². The summed E-state index contributed by atoms with van der Waals surface area (Å²) < 4.78 is 0. The van der Waals surface area contributed by atoms with Gasteiger partial charge in [0.2, 0.25) is 0 Å². The van der Waals surface area contributed by atoms with Crippen LogP contribution in [-0.2, 0) is 0 Å². The predicted molar refractivity (Wildman–Crippen MR) is 76.2 cm³/mol. The van der Waals surface area contributed by atoms with Crippen LogP contribution in [0.2, 0.25) is 10.0 Å². The number of nitrogens with two attached hydrogens (primary N) is 1. The lowest BCUT2D eigenvalue weighted by Gasteiger charge is -2.07. The Bertz CT molecular complexity index is 555. The van der Waals surface area contributed by atoms with Gasteiger partial charge in [-0.05, 0) is 42.8 Å². The van der Waals surface area contributed by atoms with E-state index in [9.17, 15) is 0 Å². The molecule has 4 heteroatoms. The monoisotopic (exact) mass is 283 g/mol. The van der Waals surface area contributed by atoms with Gasteiger partial charge in [-0.25, -0.2) is 0 Å². The van der Waals surface area contributed by atoms with Gasteiger partial charge in [0.25, 0.3) is 0 Å². The molecule has 0 spiro atoms. The third-order valence-electron chi connectivity index (χ3n) is 2.37. The first-order valence-electron chi connectivity index (χ1n) is 5.05. The van der Waals surface area contributed by atoms with E-state index in [2.05, 4.69) is 0 Å². The molecule has 17 heavy (non-hydrogen) atoms. The number of halogens is 2. The fraction of sp³-hybridized carbons (Fsp3) is 0.0769. The second kappa shape index (κ2) is 5.21. The number of aryl methyl sites for hydroxylation is 1. The van der Waals surface area contributed by atoms with Crippen LogP contribution in [0.25, 0.3) is 0 Å². The van der Waals surface area contributed by atoms with Crippen LogP contribution in [0.5, 0.6) is 0 Å². The van der Waals surface area contributed by atoms with Gasteiger partial charge in [-0.3, -0.25) is 0 Å². The molecule has 2 N–H and O–H groups in total. The lowest BCUT2D eigenvalue weighted by atomic mass is 10.2. The molecule has 2 aromatic rings. The summed E-state index contributed by atoms with van der Waals surface area (Å²) in [6.45, 7) is 1.98. The molecule has 0 heterocycles. The van der Waals surface area contributed by atoms with Crippen molar-refractivity contribution in [1.82, 2.24) is 0 Å². The molecule has 2 rings (SSSR count). The molecule has 0 radical (unpaired) electrons. The third-order valence-corrected chi connectivity index (χ3v) is 4.10. The van der Waals surface area contributed by atoms with E-state index in [1.807, 2.05) is 31.2 Å². The lowest BCUT2D eigenvalue weighted by Crippen LogP contribution is -1.89. The summed E-state index contributed by atoms with van der Waals surface area (Å²) in [5.41, 5.74) is 7.73. The minimum atomic E-state index is 0.678. The summed E-state index contributed by atoms with van der Waals surface area (Å²) in [6, 6.07) is 11.4. The zero-order chi connectivity index (χ0) is 12.4. The first-order chi connectivity index (χ1) is 8.06. The van der Waals surface area contributed by atoms with Crippen molar-refractivity contribution in [2.75, 3.05) is 5.73 Å². The van der Waals surface area contributed by atoms with E-state index < -0.39 is 0 Å². The van der Waals surface area contributed by atoms with Crippen LogP contribution in [0, 0.1) is 6.92 Å². The molecule has 0 aliphatic rings. The molecule has 0 saturated heterocycles. The SMILES string of the molecule is Cc1ccc(Sc2cc(Cl)ccc2Cl)cc1N. The second-order valence-electron chi connectivity index (χ2n) is 3.70. The summed E-state index contributed by atoms with van der Waals surface area (Å²) in [5.74, 6) is 0. The lowest BCUT2D eigenvalue weighted by molar-refractivity contribution is 1.36. The minimum Gasteiger partial charge on any atom is -0.398 e. The van der Waals surface area contributed by atoms with E-state index in [0.717, 1.165) is 21.0 Å². The molecular weight excluding hydrogens is 273 g/mol. The molecule has 0 unspecified atom stereocenters. The van der Waals surface area contributed by atoms with Gasteiger partial charge in [0, 0.05) is 20.5 Å². The van der Waals surface area contributed by atoms with Crippen LogP contribution in [0.1, 0.15) is 5.56 Å². The van der Waals surface area contributed by atoms with Crippen LogP contribution in [0.3, 0.4) is 0 Å². The fourth-order valence-corrected chi connectivity index (χ4v) is 2.76. The number of hydrogen-bond acceptors (Lipinski definition) is 2. The smallest absolute Gasteiger partial charge is 0.0546 e. The minimum absolute atomic E-state index is 0.678. The quantitative estimate of drug-likeness (QED) is 0.782. The molecule has 0 amide bonds. The van der Waals surface area contributed by atoms with Crippen LogP contribution in [0.4, 0.5) is 5.69 Å². The molecule has 2 aromatic carbocycles. The summed E-state index contributed by atoms with van der Waals surface area (Å²) in [4.78, 5) is 1.99. The summed E-state index contributed by atoms with van der Waals surface area (Å²) in [7, 11) is 0. The van der Waals surface area contributed by atoms with Crippen LogP contribution < -0.4 is 5.73 Å². The van der Waals surface area contributed by atoms with Gasteiger partial charge < -0.3 is 5.73 Å². The largest absolute Gasteiger partial charge is 0.398 e. The van der Waals surface area contributed by atoms with Gasteiger partial charge >= 0.3 is 0 Å². The Labute approximate surface area is 115 Å². The van der Waals surface area contributed by atoms with Gasteiger partial charge in [-0.1, -0.05) is 41.0 Å². The third kappa shape index (κ3) is 3.09. The van der Waals surface area contributed by atoms with Crippen molar-refractivity contribution in [3.05, 3.63) is 52.0 Å². The van der Waals surface area contributed by atoms with Crippen molar-refractivity contribution < 1.29 is 0 Å². The molecule has 0 atom stereocenters. The van der Waals surface area contributed by atoms with Gasteiger partial charge in [0.1, 0.15) is 0 Å². The molecule has 0 bridgehead atoms. The van der Waals surface area contributed by atoms with Crippen molar-refractivity contribution in [2.45, 2.75) is 16.7 Å². The van der Waals surface area contributed by atoms with Crippen LogP contribution >= 0.6 is 35.0 Å². The maximum Gasteiger partial charge on any atom is 0.0546 e. The van der Waals surface area contributed by atoms with Gasteiger partial charge in [0.15, 0.2) is 0 Å². The Hall–Kier alpha value is -0.830. The number of rotatable bonds is 2. The van der Waals surface area contributed by atoms with Crippen LogP contribution in [-0.4, -0.2) is 0 Å². The maximum absolute atomic E-state index is 6.11. The average molecular weight is 284 g/mol. The highest BCUT2D eigenvalue weighted by molar-refractivity contribution is 7.99. The molecule has 88 valence electrons. The summed E-state index contributed by atoms with van der Waals surface area (Å²) in [6.07, 6.45) is 0. The first kappa shape index (κ1) is 12.6. The first-order valence-corrected chi connectivity index (χ1v) is 6.62. The van der Waals surface area contributed by atoms with E-state index in [-0.39, 0.29) is 0 Å². The highest BCUT2D eigenvalue weighted by Gasteiger charge is 2.05. The molecule has 0 aromatic heterocycles. The molecule has 0 saturated carbocycles. The molecule has 0 aliphatic carbocycles. The van der Waals surface area contributed by atoms with Crippen molar-refractivity contribution in [3.63, 3.8) is 0 Å². The van der Waals surface area contributed by atoms with E-state index >= 15 is 0 Å². The zero-order valence-electron chi connectivity index (χ0n) is 9.21. The topological polar surface area (TPSA) is 26.0 Å². The highest BCUT2D eigenvalue weighted by Crippen LogP contribution is 2.36. The predicted octanol–water partition coefficient (Wildman–Crippen LogP) is 5.04. The normalized spacial score (nSPS) is 10.5. The Balaban J connectivity index is 2.31. The second-order valence-corrected chi connectivity index (χ2v) is 5.65. The Morgan fingerprint density at radius 3 is 2.53 bits per heavy atom. The van der Waals surface area contributed by atoms with E-state index in [0.29, 0.717) is 10.0 Å². The average Bonchev–Trinajstić information content (AvgIpc) is 2.29. The summed E-state index contributed by atoms with van der Waals surface area (Å²) >= 11 is 13.6. The van der Waals surface area contributed by atoms with Gasteiger partial charge in [0.05, 0.1) is 5.02 Å². The molecule has 0 fully saturated rings. The Morgan fingerprint density at radius 1 is 1.06 bits per heavy atom. The van der Waals surface area contributed by atoms with Crippen molar-refractivity contribution in [2.24, 2.45) is 0 Å². The van der Waals surface area contributed by atoms with Crippen molar-refractivity contribution in [1.29, 1.82) is 0 Å². The maximum atomic E-state index is 6.11.